The van der Waals surface area contributed by atoms with Gasteiger partial charge in [-0.05, 0) is 23.8 Å². The molecule has 186 valence electrons. The van der Waals surface area contributed by atoms with Gasteiger partial charge in [-0.2, -0.15) is 28.1 Å². The van der Waals surface area contributed by atoms with Crippen LogP contribution in [0, 0.1) is 0 Å². The Morgan fingerprint density at radius 3 is 2.72 bits per heavy atom. The molecule has 36 heavy (non-hydrogen) atoms. The van der Waals surface area contributed by atoms with Gasteiger partial charge in [-0.1, -0.05) is 30.0 Å². The van der Waals surface area contributed by atoms with E-state index < -0.39 is 11.7 Å². The van der Waals surface area contributed by atoms with Crippen LogP contribution < -0.4 is 4.74 Å². The van der Waals surface area contributed by atoms with Crippen LogP contribution in [0.25, 0.3) is 17.0 Å². The molecule has 0 aliphatic heterocycles. The summed E-state index contributed by atoms with van der Waals surface area (Å²) < 4.78 is 50.8. The Bertz CT molecular complexity index is 1390. The lowest BCUT2D eigenvalue weighted by Crippen LogP contribution is -2.07. The van der Waals surface area contributed by atoms with Crippen molar-refractivity contribution in [3.8, 4) is 17.3 Å². The standard InChI is InChI=1S/C22H20F3N9O2/c1-4-5-15(8-14(2)11-34-29-13-27-32-34)20-30-21(36-31-20)17-10-28-33(3)18(17)12-35-19-7-6-16(9-26-19)22(23,24)25/h4-10,13H,1,11-12H2,2-3H3/b14-8+,15-5+. The predicted molar refractivity (Wildman–Crippen MR) is 120 cm³/mol. The normalized spacial score (nSPS) is 12.7. The summed E-state index contributed by atoms with van der Waals surface area (Å²) in [6.45, 7) is 6.01. The number of halogens is 3. The number of hydrogen-bond acceptors (Lipinski definition) is 9. The van der Waals surface area contributed by atoms with E-state index in [0.29, 0.717) is 35.4 Å². The van der Waals surface area contributed by atoms with E-state index in [-0.39, 0.29) is 18.4 Å². The van der Waals surface area contributed by atoms with Crippen LogP contribution in [0.2, 0.25) is 0 Å². The van der Waals surface area contributed by atoms with Gasteiger partial charge < -0.3 is 9.26 Å². The topological polar surface area (TPSA) is 122 Å². The second kappa shape index (κ2) is 10.3. The molecule has 4 aromatic rings. The van der Waals surface area contributed by atoms with Crippen LogP contribution in [-0.2, 0) is 26.4 Å². The number of alkyl halides is 3. The van der Waals surface area contributed by atoms with Crippen LogP contribution in [0.4, 0.5) is 13.2 Å². The van der Waals surface area contributed by atoms with Crippen LogP contribution in [0.15, 0.2) is 65.8 Å². The summed E-state index contributed by atoms with van der Waals surface area (Å²) in [5, 5.41) is 19.8. The quantitative estimate of drug-likeness (QED) is 0.317. The van der Waals surface area contributed by atoms with Crippen molar-refractivity contribution >= 4 is 5.57 Å². The smallest absolute Gasteiger partial charge is 0.417 e. The van der Waals surface area contributed by atoms with Crippen LogP contribution in [0.5, 0.6) is 5.88 Å². The van der Waals surface area contributed by atoms with Crippen molar-refractivity contribution in [1.82, 2.24) is 45.1 Å². The number of nitrogens with zero attached hydrogens (tertiary/aromatic N) is 9. The monoisotopic (exact) mass is 499 g/mol. The summed E-state index contributed by atoms with van der Waals surface area (Å²) in [5.74, 6) is 0.534. The molecule has 0 spiro atoms. The average Bonchev–Trinajstić information content (AvgIpc) is 3.59. The zero-order valence-electron chi connectivity index (χ0n) is 19.2. The molecule has 14 heteroatoms. The molecule has 4 aromatic heterocycles. The van der Waals surface area contributed by atoms with Crippen molar-refractivity contribution in [2.45, 2.75) is 26.3 Å². The molecule has 0 aromatic carbocycles. The minimum absolute atomic E-state index is 0.0278. The van der Waals surface area contributed by atoms with Gasteiger partial charge in [-0.25, -0.2) is 4.98 Å². The zero-order valence-corrected chi connectivity index (χ0v) is 19.2. The summed E-state index contributed by atoms with van der Waals surface area (Å²) in [6, 6.07) is 2.05. The fraction of sp³-hybridized carbons (Fsp3) is 0.227. The lowest BCUT2D eigenvalue weighted by molar-refractivity contribution is -0.137. The van der Waals surface area contributed by atoms with Crippen molar-refractivity contribution in [3.63, 3.8) is 0 Å². The van der Waals surface area contributed by atoms with Gasteiger partial charge in [0, 0.05) is 24.9 Å². The van der Waals surface area contributed by atoms with Crippen molar-refractivity contribution in [2.24, 2.45) is 7.05 Å². The number of ether oxygens (including phenoxy) is 1. The molecule has 0 saturated heterocycles. The zero-order chi connectivity index (χ0) is 25.7. The largest absolute Gasteiger partial charge is 0.471 e. The minimum atomic E-state index is -4.48. The van der Waals surface area contributed by atoms with E-state index in [4.69, 9.17) is 9.26 Å². The fourth-order valence-electron chi connectivity index (χ4n) is 3.15. The van der Waals surface area contributed by atoms with Crippen molar-refractivity contribution in [1.29, 1.82) is 0 Å². The molecule has 0 aliphatic carbocycles. The molecule has 4 rings (SSSR count). The van der Waals surface area contributed by atoms with Crippen LogP contribution >= 0.6 is 0 Å². The van der Waals surface area contributed by atoms with Gasteiger partial charge in [0.05, 0.1) is 29.6 Å². The Balaban J connectivity index is 1.52. The highest BCUT2D eigenvalue weighted by Gasteiger charge is 2.30. The second-order valence-electron chi connectivity index (χ2n) is 7.54. The number of aromatic nitrogens is 9. The highest BCUT2D eigenvalue weighted by Crippen LogP contribution is 2.30. The fourth-order valence-corrected chi connectivity index (χ4v) is 3.15. The average molecular weight is 499 g/mol. The number of hydrogen-bond donors (Lipinski definition) is 0. The number of aryl methyl sites for hydroxylation is 1. The van der Waals surface area contributed by atoms with E-state index in [0.717, 1.165) is 17.7 Å². The van der Waals surface area contributed by atoms with E-state index in [1.165, 1.54) is 17.3 Å². The molecule has 0 amide bonds. The molecular formula is C22H20F3N9O2. The first kappa shape index (κ1) is 24.5. The number of rotatable bonds is 9. The molecule has 4 heterocycles. The van der Waals surface area contributed by atoms with Crippen molar-refractivity contribution in [3.05, 3.63) is 78.3 Å². The first-order valence-electron chi connectivity index (χ1n) is 10.5. The molecular weight excluding hydrogens is 479 g/mol. The lowest BCUT2D eigenvalue weighted by atomic mass is 10.1. The van der Waals surface area contributed by atoms with Gasteiger partial charge in [-0.3, -0.25) is 4.68 Å². The highest BCUT2D eigenvalue weighted by molar-refractivity contribution is 5.72. The van der Waals surface area contributed by atoms with Crippen LogP contribution in [0.1, 0.15) is 24.0 Å². The SMILES string of the molecule is C=C/C=C(\C=C(/C)Cn1ncnn1)c1noc(-c2cnn(C)c2COc2ccc(C(F)(F)F)cn2)n1. The Kier molecular flexibility index (Phi) is 7.03. The maximum absolute atomic E-state index is 12.7. The van der Waals surface area contributed by atoms with E-state index in [9.17, 15) is 13.2 Å². The summed E-state index contributed by atoms with van der Waals surface area (Å²) in [7, 11) is 1.69. The first-order chi connectivity index (χ1) is 17.2. The molecule has 0 saturated carbocycles. The molecule has 0 radical (unpaired) electrons. The van der Waals surface area contributed by atoms with Gasteiger partial charge in [0.25, 0.3) is 5.89 Å². The number of tetrazole rings is 1. The minimum Gasteiger partial charge on any atom is -0.471 e. The van der Waals surface area contributed by atoms with Crippen LogP contribution in [0.3, 0.4) is 0 Å². The summed E-state index contributed by atoms with van der Waals surface area (Å²) >= 11 is 0. The van der Waals surface area contributed by atoms with E-state index in [1.807, 2.05) is 13.0 Å². The van der Waals surface area contributed by atoms with E-state index >= 15 is 0 Å². The first-order valence-corrected chi connectivity index (χ1v) is 10.5. The van der Waals surface area contributed by atoms with E-state index in [2.05, 4.69) is 42.2 Å². The van der Waals surface area contributed by atoms with Gasteiger partial charge in [0.15, 0.2) is 6.33 Å². The summed E-state index contributed by atoms with van der Waals surface area (Å²) in [6.07, 6.45) is 4.30. The molecule has 0 unspecified atom stereocenters. The summed E-state index contributed by atoms with van der Waals surface area (Å²) in [5.41, 5.74) is 1.76. The number of allylic oxidation sites excluding steroid dienone is 5. The maximum Gasteiger partial charge on any atom is 0.417 e. The molecule has 0 bridgehead atoms. The Labute approximate surface area is 202 Å². The second-order valence-corrected chi connectivity index (χ2v) is 7.54. The van der Waals surface area contributed by atoms with E-state index in [1.54, 1.807) is 23.9 Å². The molecule has 0 fully saturated rings. The molecule has 11 nitrogen and oxygen atoms in total. The van der Waals surface area contributed by atoms with Crippen LogP contribution in [-0.4, -0.2) is 45.1 Å². The third-order valence-corrected chi connectivity index (χ3v) is 4.88. The third kappa shape index (κ3) is 5.71. The highest BCUT2D eigenvalue weighted by atomic mass is 19.4. The van der Waals surface area contributed by atoms with Gasteiger partial charge in [-0.15, -0.1) is 10.2 Å². The predicted octanol–water partition coefficient (Wildman–Crippen LogP) is 3.67. The van der Waals surface area contributed by atoms with Gasteiger partial charge in [0.1, 0.15) is 6.61 Å². The summed E-state index contributed by atoms with van der Waals surface area (Å²) in [4.78, 5) is 9.63. The third-order valence-electron chi connectivity index (χ3n) is 4.88. The molecule has 0 N–H and O–H groups in total. The van der Waals surface area contributed by atoms with Gasteiger partial charge in [0.2, 0.25) is 11.7 Å². The lowest BCUT2D eigenvalue weighted by Gasteiger charge is -2.09. The van der Waals surface area contributed by atoms with Gasteiger partial charge >= 0.3 is 6.18 Å². The van der Waals surface area contributed by atoms with Crippen molar-refractivity contribution < 1.29 is 22.4 Å². The Morgan fingerprint density at radius 1 is 1.22 bits per heavy atom. The van der Waals surface area contributed by atoms with Crippen molar-refractivity contribution in [2.75, 3.05) is 0 Å². The molecule has 0 atom stereocenters. The number of pyridine rings is 1. The maximum atomic E-state index is 12.7. The Morgan fingerprint density at radius 2 is 2.06 bits per heavy atom. The molecule has 0 aliphatic rings. The Hall–Kier alpha value is -4.62.